The van der Waals surface area contributed by atoms with Crippen LogP contribution in [0.4, 0.5) is 5.69 Å². The maximum Gasteiger partial charge on any atom is 0.224 e. The summed E-state index contributed by atoms with van der Waals surface area (Å²) in [5, 5.41) is 8.46. The first kappa shape index (κ1) is 18.4. The van der Waals surface area contributed by atoms with E-state index in [0.29, 0.717) is 18.5 Å². The van der Waals surface area contributed by atoms with Crippen LogP contribution in [0.5, 0.6) is 0 Å². The number of nitrogens with zero attached hydrogens (tertiary/aromatic N) is 4. The van der Waals surface area contributed by atoms with Crippen molar-refractivity contribution in [1.29, 1.82) is 0 Å². The topological polar surface area (TPSA) is 72.2 Å². The van der Waals surface area contributed by atoms with Gasteiger partial charge in [-0.15, -0.1) is 16.9 Å². The number of hydrogen-bond donors (Lipinski definition) is 1. The van der Waals surface area contributed by atoms with Crippen LogP contribution in [0.3, 0.4) is 0 Å². The Morgan fingerprint density at radius 3 is 2.71 bits per heavy atom. The molecule has 7 heteroatoms. The lowest BCUT2D eigenvalue weighted by molar-refractivity contribution is -0.116. The molecular formula is C21H21N5OS. The summed E-state index contributed by atoms with van der Waals surface area (Å²) in [7, 11) is 0. The van der Waals surface area contributed by atoms with Gasteiger partial charge in [-0.05, 0) is 68.5 Å². The second-order valence-electron chi connectivity index (χ2n) is 6.65. The second kappa shape index (κ2) is 7.59. The Morgan fingerprint density at radius 2 is 1.96 bits per heavy atom. The fourth-order valence-corrected chi connectivity index (χ4v) is 3.77. The molecule has 1 amide bonds. The van der Waals surface area contributed by atoms with Crippen LogP contribution < -0.4 is 5.32 Å². The van der Waals surface area contributed by atoms with Crippen molar-refractivity contribution in [1.82, 2.24) is 19.6 Å². The molecule has 0 bridgehead atoms. The van der Waals surface area contributed by atoms with Gasteiger partial charge in [-0.3, -0.25) is 4.79 Å². The molecule has 4 aromatic rings. The summed E-state index contributed by atoms with van der Waals surface area (Å²) in [6, 6.07) is 11.7. The zero-order chi connectivity index (χ0) is 19.7. The Balaban J connectivity index is 1.54. The van der Waals surface area contributed by atoms with Crippen LogP contribution in [-0.2, 0) is 11.2 Å². The molecule has 4 rings (SSSR count). The van der Waals surface area contributed by atoms with Gasteiger partial charge in [-0.2, -0.15) is 0 Å². The van der Waals surface area contributed by atoms with E-state index < -0.39 is 0 Å². The molecule has 6 nitrogen and oxygen atoms in total. The minimum absolute atomic E-state index is 0.0110. The highest BCUT2D eigenvalue weighted by molar-refractivity contribution is 7.98. The van der Waals surface area contributed by atoms with E-state index in [4.69, 9.17) is 4.98 Å². The molecule has 0 spiro atoms. The number of nitrogens with one attached hydrogen (secondary N) is 1. The number of anilines is 1. The van der Waals surface area contributed by atoms with Crippen molar-refractivity contribution >= 4 is 40.0 Å². The lowest BCUT2D eigenvalue weighted by Crippen LogP contribution is -2.14. The monoisotopic (exact) mass is 391 g/mol. The molecular weight excluding hydrogens is 370 g/mol. The number of fused-ring (bicyclic) bond motifs is 3. The highest BCUT2D eigenvalue weighted by Gasteiger charge is 2.15. The summed E-state index contributed by atoms with van der Waals surface area (Å²) < 4.78 is 1.83. The average Bonchev–Trinajstić information content (AvgIpc) is 3.07. The van der Waals surface area contributed by atoms with Gasteiger partial charge in [0.05, 0.1) is 5.39 Å². The number of hydrogen-bond acceptors (Lipinski definition) is 5. The number of thioether (sulfide) groups is 1. The lowest BCUT2D eigenvalue weighted by Gasteiger charge is -2.11. The van der Waals surface area contributed by atoms with Crippen molar-refractivity contribution in [3.8, 4) is 0 Å². The van der Waals surface area contributed by atoms with E-state index in [1.54, 1.807) is 18.0 Å². The molecule has 28 heavy (non-hydrogen) atoms. The summed E-state index contributed by atoms with van der Waals surface area (Å²) in [6.45, 7) is 4.00. The molecule has 0 aliphatic heterocycles. The van der Waals surface area contributed by atoms with Crippen molar-refractivity contribution in [2.24, 2.45) is 0 Å². The van der Waals surface area contributed by atoms with Crippen molar-refractivity contribution in [2.45, 2.75) is 31.6 Å². The number of amides is 1. The third-order valence-electron chi connectivity index (χ3n) is 4.86. The van der Waals surface area contributed by atoms with E-state index in [-0.39, 0.29) is 5.91 Å². The van der Waals surface area contributed by atoms with E-state index in [9.17, 15) is 4.79 Å². The highest BCUT2D eigenvalue weighted by Crippen LogP contribution is 2.22. The van der Waals surface area contributed by atoms with Gasteiger partial charge in [0.2, 0.25) is 5.91 Å². The molecule has 0 aliphatic rings. The molecule has 1 N–H and O–H groups in total. The second-order valence-corrected chi connectivity index (χ2v) is 7.53. The Morgan fingerprint density at radius 1 is 1.18 bits per heavy atom. The summed E-state index contributed by atoms with van der Waals surface area (Å²) in [5.41, 5.74) is 5.27. The van der Waals surface area contributed by atoms with Crippen molar-refractivity contribution in [3.05, 3.63) is 59.5 Å². The van der Waals surface area contributed by atoms with Crippen LogP contribution in [0, 0.1) is 13.8 Å². The fourth-order valence-electron chi connectivity index (χ4n) is 3.36. The van der Waals surface area contributed by atoms with Crippen molar-refractivity contribution < 1.29 is 4.79 Å². The number of pyridine rings is 1. The van der Waals surface area contributed by atoms with E-state index in [1.165, 1.54) is 4.90 Å². The van der Waals surface area contributed by atoms with Crippen LogP contribution in [0.25, 0.3) is 16.7 Å². The number of carbonyl (C=O) groups excluding carboxylic acids is 1. The van der Waals surface area contributed by atoms with E-state index >= 15 is 0 Å². The van der Waals surface area contributed by atoms with Crippen LogP contribution in [0.2, 0.25) is 0 Å². The lowest BCUT2D eigenvalue weighted by atomic mass is 10.1. The van der Waals surface area contributed by atoms with Gasteiger partial charge in [0.1, 0.15) is 0 Å². The standard InChI is InChI=1S/C21H21N5OS/c1-13-17(10-11-19(27)24-15-6-8-16(28-3)9-7-15)14(2)26-21(23-13)18-5-4-12-22-20(18)25-26/h4-9,12H,10-11H2,1-3H3,(H,24,27). The van der Waals surface area contributed by atoms with Gasteiger partial charge in [0, 0.05) is 34.6 Å². The van der Waals surface area contributed by atoms with Crippen LogP contribution in [-0.4, -0.2) is 31.7 Å². The Hall–Kier alpha value is -2.93. The van der Waals surface area contributed by atoms with Gasteiger partial charge < -0.3 is 5.32 Å². The molecule has 3 aromatic heterocycles. The maximum atomic E-state index is 12.4. The van der Waals surface area contributed by atoms with E-state index in [1.807, 2.05) is 61.0 Å². The van der Waals surface area contributed by atoms with Gasteiger partial charge in [0.25, 0.3) is 0 Å². The Labute approximate surface area is 167 Å². The quantitative estimate of drug-likeness (QED) is 0.517. The molecule has 3 heterocycles. The number of benzene rings is 1. The molecule has 0 saturated heterocycles. The zero-order valence-electron chi connectivity index (χ0n) is 16.1. The molecule has 1 aromatic carbocycles. The maximum absolute atomic E-state index is 12.4. The fraction of sp³-hybridized carbons (Fsp3) is 0.238. The minimum atomic E-state index is -0.0110. The molecule has 0 saturated carbocycles. The summed E-state index contributed by atoms with van der Waals surface area (Å²) in [4.78, 5) is 22.6. The van der Waals surface area contributed by atoms with Gasteiger partial charge >= 0.3 is 0 Å². The van der Waals surface area contributed by atoms with E-state index in [0.717, 1.165) is 33.7 Å². The van der Waals surface area contributed by atoms with Crippen molar-refractivity contribution in [3.63, 3.8) is 0 Å². The average molecular weight is 392 g/mol. The SMILES string of the molecule is CSc1ccc(NC(=O)CCc2c(C)nc3c4cccnc4nn3c2C)cc1. The molecule has 0 radical (unpaired) electrons. The third kappa shape index (κ3) is 3.45. The Kier molecular flexibility index (Phi) is 5.00. The summed E-state index contributed by atoms with van der Waals surface area (Å²) in [5.74, 6) is -0.0110. The summed E-state index contributed by atoms with van der Waals surface area (Å²) in [6.07, 6.45) is 4.76. The molecule has 0 atom stereocenters. The smallest absolute Gasteiger partial charge is 0.224 e. The number of aromatic nitrogens is 4. The van der Waals surface area contributed by atoms with Gasteiger partial charge in [-0.25, -0.2) is 14.5 Å². The van der Waals surface area contributed by atoms with Crippen LogP contribution in [0.1, 0.15) is 23.4 Å². The number of aryl methyl sites for hydroxylation is 2. The normalized spacial score (nSPS) is 11.2. The van der Waals surface area contributed by atoms with Crippen molar-refractivity contribution in [2.75, 3.05) is 11.6 Å². The molecule has 0 fully saturated rings. The van der Waals surface area contributed by atoms with E-state index in [2.05, 4.69) is 15.4 Å². The predicted octanol–water partition coefficient (Wildman–Crippen LogP) is 4.19. The zero-order valence-corrected chi connectivity index (χ0v) is 16.9. The Bertz CT molecular complexity index is 1170. The summed E-state index contributed by atoms with van der Waals surface area (Å²) >= 11 is 1.68. The largest absolute Gasteiger partial charge is 0.326 e. The highest BCUT2D eigenvalue weighted by atomic mass is 32.2. The van der Waals surface area contributed by atoms with Crippen LogP contribution in [0.15, 0.2) is 47.5 Å². The third-order valence-corrected chi connectivity index (χ3v) is 5.61. The first-order valence-electron chi connectivity index (χ1n) is 9.10. The minimum Gasteiger partial charge on any atom is -0.326 e. The van der Waals surface area contributed by atoms with Crippen LogP contribution >= 0.6 is 11.8 Å². The molecule has 0 unspecified atom stereocenters. The number of carbonyl (C=O) groups is 1. The predicted molar refractivity (Wildman–Crippen MR) is 113 cm³/mol. The number of rotatable bonds is 5. The van der Waals surface area contributed by atoms with Gasteiger partial charge in [0.15, 0.2) is 11.3 Å². The van der Waals surface area contributed by atoms with Gasteiger partial charge in [-0.1, -0.05) is 0 Å². The first-order chi connectivity index (χ1) is 13.6. The molecule has 142 valence electrons. The molecule has 0 aliphatic carbocycles. The first-order valence-corrected chi connectivity index (χ1v) is 10.3.